The molecule has 0 aromatic heterocycles. The summed E-state index contributed by atoms with van der Waals surface area (Å²) in [6.45, 7) is 9.38. The van der Waals surface area contributed by atoms with Crippen molar-refractivity contribution in [2.75, 3.05) is 13.2 Å². The van der Waals surface area contributed by atoms with Crippen molar-refractivity contribution in [2.45, 2.75) is 27.7 Å². The first-order valence-corrected chi connectivity index (χ1v) is 7.43. The molecule has 0 saturated heterocycles. The maximum absolute atomic E-state index is 11.8. The number of nitrogens with one attached hydrogen (secondary N) is 1. The van der Waals surface area contributed by atoms with Crippen LogP contribution in [0, 0.1) is 17.8 Å². The third-order valence-electron chi connectivity index (χ3n) is 3.44. The summed E-state index contributed by atoms with van der Waals surface area (Å²) >= 11 is 5.96. The van der Waals surface area contributed by atoms with E-state index in [4.69, 9.17) is 16.3 Å². The molecule has 112 valence electrons. The fourth-order valence-electron chi connectivity index (χ4n) is 2.23. The zero-order valence-electron chi connectivity index (χ0n) is 12.7. The number of hydrogen-bond acceptors (Lipinski definition) is 2. The van der Waals surface area contributed by atoms with Crippen molar-refractivity contribution in [1.29, 1.82) is 0 Å². The normalized spacial score (nSPS) is 11.2. The standard InChI is InChI=1S/C16H24ClNO2/c1-11(2)13(12(3)4)9-18-16(19)10-20-15-8-6-5-7-14(15)17/h5-8,11-13H,9-10H2,1-4H3,(H,18,19). The number of amides is 1. The molecule has 0 bridgehead atoms. The van der Waals surface area contributed by atoms with Crippen molar-refractivity contribution in [1.82, 2.24) is 5.32 Å². The number of halogens is 1. The molecule has 4 heteroatoms. The van der Waals surface area contributed by atoms with E-state index in [1.807, 2.05) is 12.1 Å². The number of ether oxygens (including phenoxy) is 1. The maximum atomic E-state index is 11.8. The van der Waals surface area contributed by atoms with Gasteiger partial charge in [0.2, 0.25) is 0 Å². The zero-order valence-corrected chi connectivity index (χ0v) is 13.4. The van der Waals surface area contributed by atoms with Crippen LogP contribution >= 0.6 is 11.6 Å². The molecule has 1 aromatic rings. The number of rotatable bonds is 7. The molecule has 0 unspecified atom stereocenters. The van der Waals surface area contributed by atoms with Crippen LogP contribution in [0.1, 0.15) is 27.7 Å². The van der Waals surface area contributed by atoms with E-state index in [9.17, 15) is 4.79 Å². The molecule has 20 heavy (non-hydrogen) atoms. The summed E-state index contributed by atoms with van der Waals surface area (Å²) in [5.74, 6) is 1.98. The van der Waals surface area contributed by atoms with Crippen molar-refractivity contribution in [3.63, 3.8) is 0 Å². The number of para-hydroxylation sites is 1. The summed E-state index contributed by atoms with van der Waals surface area (Å²) in [6.07, 6.45) is 0. The maximum Gasteiger partial charge on any atom is 0.257 e. The van der Waals surface area contributed by atoms with Crippen LogP contribution in [0.4, 0.5) is 0 Å². The van der Waals surface area contributed by atoms with Gasteiger partial charge in [0.25, 0.3) is 5.91 Å². The number of carbonyl (C=O) groups is 1. The van der Waals surface area contributed by atoms with Crippen molar-refractivity contribution in [3.8, 4) is 5.75 Å². The topological polar surface area (TPSA) is 38.3 Å². The molecule has 0 saturated carbocycles. The van der Waals surface area contributed by atoms with Crippen molar-refractivity contribution < 1.29 is 9.53 Å². The SMILES string of the molecule is CC(C)C(CNC(=O)COc1ccccc1Cl)C(C)C. The Bertz CT molecular complexity index is 424. The second-order valence-corrected chi connectivity index (χ2v) is 6.08. The molecule has 3 nitrogen and oxygen atoms in total. The van der Waals surface area contributed by atoms with Crippen LogP contribution in [0.3, 0.4) is 0 Å². The first-order valence-electron chi connectivity index (χ1n) is 7.05. The van der Waals surface area contributed by atoms with Gasteiger partial charge < -0.3 is 10.1 Å². The third kappa shape index (κ3) is 5.41. The Morgan fingerprint density at radius 3 is 2.35 bits per heavy atom. The van der Waals surface area contributed by atoms with Crippen LogP contribution in [0.25, 0.3) is 0 Å². The summed E-state index contributed by atoms with van der Waals surface area (Å²) < 4.78 is 5.41. The minimum absolute atomic E-state index is 0.00730. The average molecular weight is 298 g/mol. The fourth-order valence-corrected chi connectivity index (χ4v) is 2.42. The highest BCUT2D eigenvalue weighted by atomic mass is 35.5. The van der Waals surface area contributed by atoms with E-state index in [0.717, 1.165) is 0 Å². The van der Waals surface area contributed by atoms with Crippen molar-refractivity contribution in [2.24, 2.45) is 17.8 Å². The van der Waals surface area contributed by atoms with Gasteiger partial charge in [-0.1, -0.05) is 51.4 Å². The van der Waals surface area contributed by atoms with Gasteiger partial charge in [-0.05, 0) is 29.9 Å². The van der Waals surface area contributed by atoms with Crippen LogP contribution in [0.2, 0.25) is 5.02 Å². The summed E-state index contributed by atoms with van der Waals surface area (Å²) in [4.78, 5) is 11.8. The number of hydrogen-bond donors (Lipinski definition) is 1. The smallest absolute Gasteiger partial charge is 0.257 e. The minimum Gasteiger partial charge on any atom is -0.482 e. The van der Waals surface area contributed by atoms with Crippen LogP contribution < -0.4 is 10.1 Å². The van der Waals surface area contributed by atoms with E-state index in [0.29, 0.717) is 35.1 Å². The van der Waals surface area contributed by atoms with Gasteiger partial charge in [-0.25, -0.2) is 0 Å². The lowest BCUT2D eigenvalue weighted by Crippen LogP contribution is -2.36. The molecule has 0 atom stereocenters. The zero-order chi connectivity index (χ0) is 15.1. The molecule has 0 aliphatic heterocycles. The first-order chi connectivity index (χ1) is 9.41. The lowest BCUT2D eigenvalue weighted by Gasteiger charge is -2.25. The van der Waals surface area contributed by atoms with E-state index in [1.54, 1.807) is 12.1 Å². The highest BCUT2D eigenvalue weighted by Crippen LogP contribution is 2.23. The highest BCUT2D eigenvalue weighted by molar-refractivity contribution is 6.32. The molecule has 1 rings (SSSR count). The first kappa shape index (κ1) is 16.8. The van der Waals surface area contributed by atoms with Gasteiger partial charge in [0.15, 0.2) is 6.61 Å². The Labute approximate surface area is 126 Å². The third-order valence-corrected chi connectivity index (χ3v) is 3.76. The number of carbonyl (C=O) groups excluding carboxylic acids is 1. The predicted molar refractivity (Wildman–Crippen MR) is 83.1 cm³/mol. The average Bonchev–Trinajstić information content (AvgIpc) is 2.37. The molecule has 1 N–H and O–H groups in total. The molecular formula is C16H24ClNO2. The van der Waals surface area contributed by atoms with Crippen molar-refractivity contribution >= 4 is 17.5 Å². The van der Waals surface area contributed by atoms with E-state index in [1.165, 1.54) is 0 Å². The lowest BCUT2D eigenvalue weighted by molar-refractivity contribution is -0.123. The Hall–Kier alpha value is -1.22. The summed E-state index contributed by atoms with van der Waals surface area (Å²) in [6, 6.07) is 7.14. The van der Waals surface area contributed by atoms with Gasteiger partial charge in [-0.3, -0.25) is 4.79 Å². The fraction of sp³-hybridized carbons (Fsp3) is 0.562. The Morgan fingerprint density at radius 2 is 1.80 bits per heavy atom. The lowest BCUT2D eigenvalue weighted by atomic mass is 9.85. The molecule has 1 aromatic carbocycles. The van der Waals surface area contributed by atoms with Crippen LogP contribution in [-0.2, 0) is 4.79 Å². The van der Waals surface area contributed by atoms with Crippen LogP contribution in [0.5, 0.6) is 5.75 Å². The largest absolute Gasteiger partial charge is 0.482 e. The molecule has 0 spiro atoms. The second-order valence-electron chi connectivity index (χ2n) is 5.68. The monoisotopic (exact) mass is 297 g/mol. The highest BCUT2D eigenvalue weighted by Gasteiger charge is 2.18. The van der Waals surface area contributed by atoms with E-state index >= 15 is 0 Å². The quantitative estimate of drug-likeness (QED) is 0.832. The van der Waals surface area contributed by atoms with Crippen LogP contribution in [-0.4, -0.2) is 19.1 Å². The van der Waals surface area contributed by atoms with Gasteiger partial charge >= 0.3 is 0 Å². The molecule has 0 heterocycles. The Kier molecular flexibility index (Phi) is 6.86. The Balaban J connectivity index is 2.39. The van der Waals surface area contributed by atoms with Crippen molar-refractivity contribution in [3.05, 3.63) is 29.3 Å². The summed E-state index contributed by atoms with van der Waals surface area (Å²) in [5.41, 5.74) is 0. The molecule has 0 aliphatic carbocycles. The van der Waals surface area contributed by atoms with Crippen LogP contribution in [0.15, 0.2) is 24.3 Å². The van der Waals surface area contributed by atoms with Gasteiger partial charge in [-0.15, -0.1) is 0 Å². The van der Waals surface area contributed by atoms with Gasteiger partial charge in [0.1, 0.15) is 5.75 Å². The molecule has 1 amide bonds. The minimum atomic E-state index is -0.115. The number of benzene rings is 1. The van der Waals surface area contributed by atoms with Gasteiger partial charge in [0.05, 0.1) is 5.02 Å². The Morgan fingerprint density at radius 1 is 1.20 bits per heavy atom. The molecule has 0 radical (unpaired) electrons. The van der Waals surface area contributed by atoms with E-state index < -0.39 is 0 Å². The van der Waals surface area contributed by atoms with Gasteiger partial charge in [0, 0.05) is 6.54 Å². The second kappa shape index (κ2) is 8.15. The molecule has 0 fully saturated rings. The molecule has 0 aliphatic rings. The van der Waals surface area contributed by atoms with E-state index in [2.05, 4.69) is 33.0 Å². The molecular weight excluding hydrogens is 274 g/mol. The predicted octanol–water partition coefficient (Wildman–Crippen LogP) is 3.76. The van der Waals surface area contributed by atoms with E-state index in [-0.39, 0.29) is 12.5 Å². The van der Waals surface area contributed by atoms with Gasteiger partial charge in [-0.2, -0.15) is 0 Å². The summed E-state index contributed by atoms with van der Waals surface area (Å²) in [7, 11) is 0. The summed E-state index contributed by atoms with van der Waals surface area (Å²) in [5, 5.41) is 3.44.